The van der Waals surface area contributed by atoms with E-state index >= 15 is 0 Å². The van der Waals surface area contributed by atoms with Crippen LogP contribution in [0.4, 0.5) is 22.0 Å². The van der Waals surface area contributed by atoms with Gasteiger partial charge in [0.25, 0.3) is 11.8 Å². The Morgan fingerprint density at radius 3 is 2.51 bits per heavy atom. The Hall–Kier alpha value is -5.21. The van der Waals surface area contributed by atoms with Crippen molar-refractivity contribution in [2.75, 3.05) is 6.61 Å². The van der Waals surface area contributed by atoms with Crippen LogP contribution in [0.2, 0.25) is 0 Å². The molecule has 0 saturated carbocycles. The van der Waals surface area contributed by atoms with Gasteiger partial charge in [0.2, 0.25) is 0 Å². The van der Waals surface area contributed by atoms with Crippen molar-refractivity contribution in [3.05, 3.63) is 99.0 Å². The fourth-order valence-corrected chi connectivity index (χ4v) is 5.12. The number of hydrogen-bond donors (Lipinski definition) is 2. The van der Waals surface area contributed by atoms with E-state index in [1.807, 2.05) is 0 Å². The van der Waals surface area contributed by atoms with Gasteiger partial charge in [-0.2, -0.15) is 18.3 Å². The first-order valence-corrected chi connectivity index (χ1v) is 13.5. The minimum Gasteiger partial charge on any atom is -0.454 e. The van der Waals surface area contributed by atoms with E-state index in [0.29, 0.717) is 30.5 Å². The van der Waals surface area contributed by atoms with E-state index in [1.165, 1.54) is 13.0 Å². The lowest BCUT2D eigenvalue weighted by Gasteiger charge is -2.16. The molecule has 2 aromatic carbocycles. The number of carbonyl (C=O) groups is 4. The SMILES string of the molecule is CC(=O)COC(=O)c1ccc2c(c1C)CC[C@@H]2NC(=O)c1cc(C(=O)NCc2ccc(F)c(C(F)(F)F)c2)nc2c(F)cnn12. The van der Waals surface area contributed by atoms with Crippen LogP contribution >= 0.6 is 0 Å². The van der Waals surface area contributed by atoms with Gasteiger partial charge < -0.3 is 15.4 Å². The second kappa shape index (κ2) is 12.1. The zero-order valence-electron chi connectivity index (χ0n) is 23.7. The number of hydrogen-bond acceptors (Lipinski definition) is 7. The third-order valence-corrected chi connectivity index (χ3v) is 7.31. The quantitative estimate of drug-likeness (QED) is 0.218. The topological polar surface area (TPSA) is 132 Å². The fourth-order valence-electron chi connectivity index (χ4n) is 5.12. The molecule has 0 unspecified atom stereocenters. The van der Waals surface area contributed by atoms with Crippen LogP contribution in [0.15, 0.2) is 42.6 Å². The molecule has 234 valence electrons. The number of rotatable bonds is 8. The molecule has 0 aliphatic heterocycles. The Bertz CT molecular complexity index is 1870. The minimum atomic E-state index is -4.94. The summed E-state index contributed by atoms with van der Waals surface area (Å²) in [5.41, 5.74) is -0.180. The molecule has 0 radical (unpaired) electrons. The van der Waals surface area contributed by atoms with E-state index in [9.17, 15) is 41.1 Å². The maximum Gasteiger partial charge on any atom is 0.419 e. The molecule has 5 rings (SSSR count). The average Bonchev–Trinajstić information content (AvgIpc) is 3.57. The molecule has 0 bridgehead atoms. The van der Waals surface area contributed by atoms with E-state index in [-0.39, 0.29) is 29.2 Å². The Balaban J connectivity index is 1.36. The van der Waals surface area contributed by atoms with Gasteiger partial charge in [0.05, 0.1) is 23.4 Å². The number of fused-ring (bicyclic) bond motifs is 2. The van der Waals surface area contributed by atoms with Gasteiger partial charge >= 0.3 is 12.1 Å². The Kier molecular flexibility index (Phi) is 8.36. The molecule has 2 aromatic heterocycles. The number of esters is 1. The highest BCUT2D eigenvalue weighted by molar-refractivity contribution is 5.98. The van der Waals surface area contributed by atoms with Gasteiger partial charge in [0.15, 0.2) is 17.2 Å². The Morgan fingerprint density at radius 2 is 1.80 bits per heavy atom. The summed E-state index contributed by atoms with van der Waals surface area (Å²) >= 11 is 0. The second-order valence-corrected chi connectivity index (χ2v) is 10.4. The predicted octanol–water partition coefficient (Wildman–Crippen LogP) is 4.43. The fraction of sp³-hybridized carbons (Fsp3) is 0.267. The average molecular weight is 630 g/mol. The largest absolute Gasteiger partial charge is 0.454 e. The molecular formula is C30H24F5N5O5. The number of ether oxygens (including phenoxy) is 1. The smallest absolute Gasteiger partial charge is 0.419 e. The molecule has 10 nitrogen and oxygen atoms in total. The minimum absolute atomic E-state index is 0.0582. The summed E-state index contributed by atoms with van der Waals surface area (Å²) in [6.07, 6.45) is -3.17. The predicted molar refractivity (Wildman–Crippen MR) is 146 cm³/mol. The summed E-state index contributed by atoms with van der Waals surface area (Å²) in [6, 6.07) is 6.00. The van der Waals surface area contributed by atoms with Gasteiger partial charge in [0, 0.05) is 12.6 Å². The molecule has 4 aromatic rings. The summed E-state index contributed by atoms with van der Waals surface area (Å²) in [7, 11) is 0. The number of aromatic nitrogens is 3. The third-order valence-electron chi connectivity index (χ3n) is 7.31. The molecule has 0 fully saturated rings. The van der Waals surface area contributed by atoms with Gasteiger partial charge in [-0.05, 0) is 67.1 Å². The number of alkyl halides is 3. The lowest BCUT2D eigenvalue weighted by molar-refractivity contribution is -0.140. The summed E-state index contributed by atoms with van der Waals surface area (Å²) < 4.78 is 73.3. The molecule has 1 aliphatic carbocycles. The number of nitrogens with zero attached hydrogens (tertiary/aromatic N) is 3. The van der Waals surface area contributed by atoms with Crippen LogP contribution in [-0.2, 0) is 28.7 Å². The monoisotopic (exact) mass is 629 g/mol. The van der Waals surface area contributed by atoms with Crippen LogP contribution in [0.1, 0.15) is 78.5 Å². The van der Waals surface area contributed by atoms with E-state index in [4.69, 9.17) is 4.74 Å². The second-order valence-electron chi connectivity index (χ2n) is 10.4. The van der Waals surface area contributed by atoms with E-state index in [0.717, 1.165) is 34.0 Å². The summed E-state index contributed by atoms with van der Waals surface area (Å²) in [6.45, 7) is 2.23. The maximum absolute atomic E-state index is 14.5. The number of nitrogens with one attached hydrogen (secondary N) is 2. The molecule has 45 heavy (non-hydrogen) atoms. The van der Waals surface area contributed by atoms with Gasteiger partial charge in [-0.3, -0.25) is 14.4 Å². The lowest BCUT2D eigenvalue weighted by Crippen LogP contribution is -2.31. The molecule has 2 N–H and O–H groups in total. The normalized spacial score (nSPS) is 14.2. The van der Waals surface area contributed by atoms with Gasteiger partial charge in [-0.15, -0.1) is 0 Å². The van der Waals surface area contributed by atoms with Crippen LogP contribution in [0, 0.1) is 18.6 Å². The lowest BCUT2D eigenvalue weighted by atomic mass is 9.98. The van der Waals surface area contributed by atoms with Crippen molar-refractivity contribution < 1.29 is 45.9 Å². The highest BCUT2D eigenvalue weighted by Crippen LogP contribution is 2.35. The molecule has 0 saturated heterocycles. The standard InChI is InChI=1S/C30H24F5N5O5/c1-14(41)13-45-29(44)18-4-5-19-17(15(18)2)6-8-23(19)39-28(43)25-10-24(38-26-22(32)12-37-40(25)26)27(42)36-11-16-3-7-21(31)20(9-16)30(33,34)35/h3-5,7,9-10,12,23H,6,8,11,13H2,1-2H3,(H,36,42)(H,39,43)/t23-/m0/s1. The van der Waals surface area contributed by atoms with Crippen LogP contribution in [0.5, 0.6) is 0 Å². The first-order chi connectivity index (χ1) is 21.2. The van der Waals surface area contributed by atoms with Gasteiger partial charge in [0.1, 0.15) is 23.8 Å². The molecule has 1 atom stereocenters. The first kappa shape index (κ1) is 31.2. The molecule has 2 amide bonds. The summed E-state index contributed by atoms with van der Waals surface area (Å²) in [5.74, 6) is -5.02. The number of carbonyl (C=O) groups excluding carboxylic acids is 4. The highest BCUT2D eigenvalue weighted by Gasteiger charge is 2.34. The van der Waals surface area contributed by atoms with Gasteiger partial charge in [-0.25, -0.2) is 23.1 Å². The van der Waals surface area contributed by atoms with Crippen molar-refractivity contribution in [2.45, 2.75) is 45.5 Å². The molecule has 0 spiro atoms. The number of benzene rings is 2. The number of ketones is 1. The third kappa shape index (κ3) is 6.37. The van der Waals surface area contributed by atoms with E-state index < -0.39 is 65.1 Å². The maximum atomic E-state index is 14.5. The highest BCUT2D eigenvalue weighted by atomic mass is 19.4. The zero-order valence-corrected chi connectivity index (χ0v) is 23.7. The molecular weight excluding hydrogens is 605 g/mol. The van der Waals surface area contributed by atoms with Crippen molar-refractivity contribution in [3.63, 3.8) is 0 Å². The zero-order chi connectivity index (χ0) is 32.6. The van der Waals surface area contributed by atoms with Crippen molar-refractivity contribution in [1.29, 1.82) is 0 Å². The van der Waals surface area contributed by atoms with E-state index in [1.54, 1.807) is 13.0 Å². The first-order valence-electron chi connectivity index (χ1n) is 13.5. The van der Waals surface area contributed by atoms with Crippen LogP contribution in [0.25, 0.3) is 5.65 Å². The van der Waals surface area contributed by atoms with Crippen LogP contribution < -0.4 is 10.6 Å². The summed E-state index contributed by atoms with van der Waals surface area (Å²) in [5, 5.41) is 9.02. The summed E-state index contributed by atoms with van der Waals surface area (Å²) in [4.78, 5) is 53.9. The van der Waals surface area contributed by atoms with Crippen molar-refractivity contribution in [3.8, 4) is 0 Å². The Labute approximate surface area is 251 Å². The number of Topliss-reactive ketones (excluding diaryl/α,β-unsaturated/α-hetero) is 1. The van der Waals surface area contributed by atoms with Crippen LogP contribution in [0.3, 0.4) is 0 Å². The molecule has 1 aliphatic rings. The molecule has 2 heterocycles. The number of amides is 2. The van der Waals surface area contributed by atoms with Crippen molar-refractivity contribution in [2.24, 2.45) is 0 Å². The molecule has 15 heteroatoms. The number of halogens is 5. The Morgan fingerprint density at radius 1 is 1.04 bits per heavy atom. The van der Waals surface area contributed by atoms with E-state index in [2.05, 4.69) is 20.7 Å². The van der Waals surface area contributed by atoms with Crippen LogP contribution in [-0.4, -0.2) is 44.8 Å². The van der Waals surface area contributed by atoms with Crippen molar-refractivity contribution >= 4 is 29.2 Å². The van der Waals surface area contributed by atoms with Gasteiger partial charge in [-0.1, -0.05) is 12.1 Å². The van der Waals surface area contributed by atoms with Crippen molar-refractivity contribution in [1.82, 2.24) is 25.2 Å².